The Morgan fingerprint density at radius 1 is 0.938 bits per heavy atom. The van der Waals surface area contributed by atoms with Crippen LogP contribution in [0.5, 0.6) is 0 Å². The Labute approximate surface area is 106 Å². The summed E-state index contributed by atoms with van der Waals surface area (Å²) in [4.78, 5) is 1.25. The highest BCUT2D eigenvalue weighted by atomic mass is 35.5. The van der Waals surface area contributed by atoms with Gasteiger partial charge in [0, 0.05) is 22.1 Å². The second kappa shape index (κ2) is 5.97. The molecule has 0 unspecified atom stereocenters. The Kier molecular flexibility index (Phi) is 4.32. The Morgan fingerprint density at radius 2 is 1.62 bits per heavy atom. The van der Waals surface area contributed by atoms with Gasteiger partial charge < -0.3 is 0 Å². The van der Waals surface area contributed by atoms with E-state index in [2.05, 4.69) is 30.7 Å². The molecule has 2 rings (SSSR count). The molecule has 0 saturated heterocycles. The third kappa shape index (κ3) is 3.58. The van der Waals surface area contributed by atoms with Crippen LogP contribution in [0, 0.1) is 6.42 Å². The van der Waals surface area contributed by atoms with Crippen molar-refractivity contribution in [3.63, 3.8) is 0 Å². The molecule has 0 nitrogen and oxygen atoms in total. The van der Waals surface area contributed by atoms with Gasteiger partial charge in [-0.3, -0.25) is 0 Å². The van der Waals surface area contributed by atoms with Crippen molar-refractivity contribution in [1.82, 2.24) is 0 Å². The lowest BCUT2D eigenvalue weighted by molar-refractivity contribution is 1.41. The number of hydrogen-bond acceptors (Lipinski definition) is 1. The Balaban J connectivity index is 1.82. The zero-order valence-electron chi connectivity index (χ0n) is 8.77. The summed E-state index contributed by atoms with van der Waals surface area (Å²) in [6, 6.07) is 18.3. The van der Waals surface area contributed by atoms with Crippen molar-refractivity contribution in [3.05, 3.63) is 71.6 Å². The van der Waals surface area contributed by atoms with Crippen LogP contribution in [-0.2, 0) is 0 Å². The first-order valence-corrected chi connectivity index (χ1v) is 6.47. The van der Waals surface area contributed by atoms with E-state index in [9.17, 15) is 0 Å². The molecule has 1 radical (unpaired) electrons. The van der Waals surface area contributed by atoms with Crippen molar-refractivity contribution in [3.8, 4) is 0 Å². The van der Waals surface area contributed by atoms with Crippen LogP contribution >= 0.6 is 23.4 Å². The van der Waals surface area contributed by atoms with Gasteiger partial charge in [0.25, 0.3) is 0 Å². The van der Waals surface area contributed by atoms with Crippen molar-refractivity contribution in [2.45, 2.75) is 4.90 Å². The molecule has 2 aromatic rings. The van der Waals surface area contributed by atoms with E-state index in [0.29, 0.717) is 0 Å². The highest BCUT2D eigenvalue weighted by Gasteiger charge is 1.96. The lowest BCUT2D eigenvalue weighted by Crippen LogP contribution is -1.84. The van der Waals surface area contributed by atoms with E-state index in [0.717, 1.165) is 10.8 Å². The molecular weight excluding hydrogens is 236 g/mol. The molecule has 2 heteroatoms. The topological polar surface area (TPSA) is 0 Å². The van der Waals surface area contributed by atoms with E-state index in [1.807, 2.05) is 42.1 Å². The van der Waals surface area contributed by atoms with Crippen LogP contribution in [0.1, 0.15) is 5.56 Å². The highest BCUT2D eigenvalue weighted by Crippen LogP contribution is 2.21. The molecule has 0 fully saturated rings. The maximum absolute atomic E-state index is 5.82. The predicted octanol–water partition coefficient (Wildman–Crippen LogP) is 4.68. The van der Waals surface area contributed by atoms with Crippen LogP contribution in [0.3, 0.4) is 0 Å². The molecule has 0 saturated carbocycles. The molecule has 0 amide bonds. The zero-order chi connectivity index (χ0) is 11.2. The first kappa shape index (κ1) is 11.6. The lowest BCUT2D eigenvalue weighted by Gasteiger charge is -2.01. The van der Waals surface area contributed by atoms with Gasteiger partial charge in [-0.2, -0.15) is 0 Å². The van der Waals surface area contributed by atoms with Gasteiger partial charge in [-0.15, -0.1) is 11.8 Å². The van der Waals surface area contributed by atoms with Crippen LogP contribution in [0.2, 0.25) is 5.02 Å². The minimum atomic E-state index is 0.788. The molecule has 0 atom stereocenters. The van der Waals surface area contributed by atoms with Crippen LogP contribution in [-0.4, -0.2) is 5.75 Å². The van der Waals surface area contributed by atoms with Gasteiger partial charge >= 0.3 is 0 Å². The van der Waals surface area contributed by atoms with Crippen molar-refractivity contribution >= 4 is 23.4 Å². The summed E-state index contributed by atoms with van der Waals surface area (Å²) in [7, 11) is 0. The standard InChI is InChI=1S/C14H12ClS/c15-13-6-8-14(9-7-13)16-11-10-12-4-2-1-3-5-12/h1-10H,11H2. The summed E-state index contributed by atoms with van der Waals surface area (Å²) in [6.07, 6.45) is 2.22. The normalized spacial score (nSPS) is 10.3. The second-order valence-electron chi connectivity index (χ2n) is 3.38. The molecule has 0 heterocycles. The Bertz CT molecular complexity index is 422. The predicted molar refractivity (Wildman–Crippen MR) is 72.0 cm³/mol. The van der Waals surface area contributed by atoms with Gasteiger partial charge in [0.2, 0.25) is 0 Å². The van der Waals surface area contributed by atoms with E-state index in [4.69, 9.17) is 11.6 Å². The fourth-order valence-corrected chi connectivity index (χ4v) is 2.28. The molecule has 2 aromatic carbocycles. The van der Waals surface area contributed by atoms with Gasteiger partial charge in [0.15, 0.2) is 0 Å². The molecular formula is C14H12ClS. The second-order valence-corrected chi connectivity index (χ2v) is 4.91. The van der Waals surface area contributed by atoms with Gasteiger partial charge in [-0.1, -0.05) is 41.9 Å². The summed E-state index contributed by atoms with van der Waals surface area (Å²) in [5.41, 5.74) is 1.27. The summed E-state index contributed by atoms with van der Waals surface area (Å²) in [5, 5.41) is 0.788. The number of benzene rings is 2. The molecule has 81 valence electrons. The van der Waals surface area contributed by atoms with Crippen LogP contribution in [0.4, 0.5) is 0 Å². The van der Waals surface area contributed by atoms with E-state index in [1.165, 1.54) is 10.5 Å². The minimum absolute atomic E-state index is 0.788. The van der Waals surface area contributed by atoms with Crippen molar-refractivity contribution in [2.24, 2.45) is 0 Å². The molecule has 0 N–H and O–H groups in total. The Hall–Kier alpha value is -0.920. The Morgan fingerprint density at radius 3 is 2.31 bits per heavy atom. The van der Waals surface area contributed by atoms with Crippen LogP contribution in [0.25, 0.3) is 0 Å². The molecule has 0 aliphatic carbocycles. The highest BCUT2D eigenvalue weighted by molar-refractivity contribution is 7.99. The monoisotopic (exact) mass is 247 g/mol. The van der Waals surface area contributed by atoms with Crippen LogP contribution < -0.4 is 0 Å². The lowest BCUT2D eigenvalue weighted by atomic mass is 10.2. The maximum Gasteiger partial charge on any atom is 0.0406 e. The average molecular weight is 248 g/mol. The van der Waals surface area contributed by atoms with Crippen molar-refractivity contribution in [1.29, 1.82) is 0 Å². The SMILES string of the molecule is Clc1ccc(SC[CH]c2ccccc2)cc1. The van der Waals surface area contributed by atoms with Gasteiger partial charge in [-0.25, -0.2) is 0 Å². The van der Waals surface area contributed by atoms with Crippen molar-refractivity contribution in [2.75, 3.05) is 5.75 Å². The maximum atomic E-state index is 5.82. The molecule has 0 aliphatic rings. The third-order valence-corrected chi connectivity index (χ3v) is 3.37. The molecule has 0 spiro atoms. The quantitative estimate of drug-likeness (QED) is 0.707. The minimum Gasteiger partial charge on any atom is -0.126 e. The summed E-state index contributed by atoms with van der Waals surface area (Å²) in [5.74, 6) is 0.978. The summed E-state index contributed by atoms with van der Waals surface area (Å²) < 4.78 is 0. The number of rotatable bonds is 4. The molecule has 16 heavy (non-hydrogen) atoms. The zero-order valence-corrected chi connectivity index (χ0v) is 10.3. The number of halogens is 1. The van der Waals surface area contributed by atoms with Crippen LogP contribution in [0.15, 0.2) is 59.5 Å². The summed E-state index contributed by atoms with van der Waals surface area (Å²) in [6.45, 7) is 0. The van der Waals surface area contributed by atoms with E-state index < -0.39 is 0 Å². The smallest absolute Gasteiger partial charge is 0.0406 e. The van der Waals surface area contributed by atoms with Gasteiger partial charge in [0.05, 0.1) is 0 Å². The fraction of sp³-hybridized carbons (Fsp3) is 0.0714. The molecule has 0 aromatic heterocycles. The number of thioether (sulfide) groups is 1. The first-order valence-electron chi connectivity index (χ1n) is 5.11. The summed E-state index contributed by atoms with van der Waals surface area (Å²) >= 11 is 7.63. The fourth-order valence-electron chi connectivity index (χ4n) is 1.35. The van der Waals surface area contributed by atoms with Crippen molar-refractivity contribution < 1.29 is 0 Å². The third-order valence-electron chi connectivity index (χ3n) is 2.18. The van der Waals surface area contributed by atoms with E-state index >= 15 is 0 Å². The molecule has 0 aliphatic heterocycles. The van der Waals surface area contributed by atoms with Gasteiger partial charge in [-0.05, 0) is 29.8 Å². The van der Waals surface area contributed by atoms with E-state index in [1.54, 1.807) is 0 Å². The largest absolute Gasteiger partial charge is 0.126 e. The van der Waals surface area contributed by atoms with E-state index in [-0.39, 0.29) is 0 Å². The average Bonchev–Trinajstić information content (AvgIpc) is 2.33. The number of hydrogen-bond donors (Lipinski definition) is 0. The van der Waals surface area contributed by atoms with Gasteiger partial charge in [0.1, 0.15) is 0 Å². The first-order chi connectivity index (χ1) is 7.84. The molecule has 0 bridgehead atoms.